The number of hydrogen-bond acceptors (Lipinski definition) is 1. The smallest absolute Gasteiger partial charge is 0.0541 e. The predicted octanol–water partition coefficient (Wildman–Crippen LogP) is 13.8. The molecule has 0 radical (unpaired) electrons. The Kier molecular flexibility index (Phi) is 5.89. The van der Waals surface area contributed by atoms with E-state index in [9.17, 15) is 0 Å². The molecule has 2 heteroatoms. The minimum atomic E-state index is 1.16. The number of thiophene rings is 1. The van der Waals surface area contributed by atoms with Crippen LogP contribution in [0.4, 0.5) is 0 Å². The topological polar surface area (TPSA) is 4.93 Å². The van der Waals surface area contributed by atoms with Crippen LogP contribution in [-0.2, 0) is 0 Å². The zero-order chi connectivity index (χ0) is 32.8. The van der Waals surface area contributed by atoms with E-state index in [1.807, 2.05) is 11.3 Å². The summed E-state index contributed by atoms with van der Waals surface area (Å²) in [6.45, 7) is 0. The van der Waals surface area contributed by atoms with Crippen LogP contribution in [0.3, 0.4) is 0 Å². The molecule has 0 N–H and O–H groups in total. The van der Waals surface area contributed by atoms with Crippen LogP contribution in [-0.4, -0.2) is 4.57 Å². The maximum atomic E-state index is 2.43. The Morgan fingerprint density at radius 3 is 1.46 bits per heavy atom. The second-order valence-electron chi connectivity index (χ2n) is 13.3. The van der Waals surface area contributed by atoms with E-state index in [1.54, 1.807) is 0 Å². The van der Waals surface area contributed by atoms with Gasteiger partial charge in [-0.3, -0.25) is 0 Å². The van der Waals surface area contributed by atoms with Gasteiger partial charge in [-0.2, -0.15) is 0 Å². The zero-order valence-corrected chi connectivity index (χ0v) is 27.9. The molecule has 1 aliphatic carbocycles. The van der Waals surface area contributed by atoms with Gasteiger partial charge in [-0.15, -0.1) is 11.3 Å². The van der Waals surface area contributed by atoms with Crippen molar-refractivity contribution in [2.45, 2.75) is 0 Å². The molecule has 0 spiro atoms. The van der Waals surface area contributed by atoms with Gasteiger partial charge in [0.15, 0.2) is 0 Å². The number of rotatable bonds is 2. The van der Waals surface area contributed by atoms with Gasteiger partial charge < -0.3 is 4.57 Å². The van der Waals surface area contributed by atoms with Gasteiger partial charge in [0.05, 0.1) is 11.0 Å². The van der Waals surface area contributed by atoms with Crippen molar-refractivity contribution in [3.63, 3.8) is 0 Å². The Balaban J connectivity index is 1.19. The fraction of sp³-hybridized carbons (Fsp3) is 0. The van der Waals surface area contributed by atoms with E-state index in [0.29, 0.717) is 0 Å². The molecule has 0 saturated heterocycles. The molecule has 1 nitrogen and oxygen atoms in total. The molecular formula is C48H29NS. The van der Waals surface area contributed by atoms with Crippen LogP contribution in [0.1, 0.15) is 0 Å². The molecule has 232 valence electrons. The normalized spacial score (nSPS) is 12.0. The van der Waals surface area contributed by atoms with Crippen molar-refractivity contribution >= 4 is 53.3 Å². The molecule has 11 rings (SSSR count). The molecule has 0 aliphatic heterocycles. The lowest BCUT2D eigenvalue weighted by atomic mass is 9.80. The average molecular weight is 652 g/mol. The molecule has 10 aromatic rings. The number of hydrogen-bond donors (Lipinski definition) is 0. The summed E-state index contributed by atoms with van der Waals surface area (Å²) in [5.41, 5.74) is 16.1. The standard InChI is InChI=1S/C48H29NS/c1-2-13-35-33(11-1)34-12-3-4-14-36(34)42-27-30(31-22-26-48-44(28-31)41-17-7-10-20-47(41)50-48)21-24-38(42)43-29-32(23-25-37(35)43)49-45-18-8-5-15-39(45)40-16-6-9-19-46(40)49/h1-29H. The van der Waals surface area contributed by atoms with Crippen molar-refractivity contribution in [3.8, 4) is 61.3 Å². The second kappa shape index (κ2) is 10.6. The predicted molar refractivity (Wildman–Crippen MR) is 214 cm³/mol. The van der Waals surface area contributed by atoms with Crippen LogP contribution in [0.5, 0.6) is 0 Å². The van der Waals surface area contributed by atoms with Gasteiger partial charge in [0.2, 0.25) is 0 Å². The van der Waals surface area contributed by atoms with E-state index in [4.69, 9.17) is 0 Å². The van der Waals surface area contributed by atoms with Crippen LogP contribution in [0.2, 0.25) is 0 Å². The third-order valence-electron chi connectivity index (χ3n) is 10.6. The largest absolute Gasteiger partial charge is 0.309 e. The Morgan fingerprint density at radius 1 is 0.300 bits per heavy atom. The van der Waals surface area contributed by atoms with Crippen LogP contribution < -0.4 is 0 Å². The summed E-state index contributed by atoms with van der Waals surface area (Å²) in [4.78, 5) is 0. The highest BCUT2D eigenvalue weighted by Crippen LogP contribution is 2.49. The monoisotopic (exact) mass is 651 g/mol. The molecule has 0 unspecified atom stereocenters. The van der Waals surface area contributed by atoms with Gasteiger partial charge in [-0.05, 0) is 104 Å². The SMILES string of the molecule is c1ccc2c(c1)-c1ccccc1-c1cc(-c3ccc4sc5ccccc5c4c3)ccc1-c1cc(-n3c4ccccc4c4ccccc43)ccc1-2. The molecule has 0 saturated carbocycles. The summed E-state index contributed by atoms with van der Waals surface area (Å²) < 4.78 is 5.09. The number of para-hydroxylation sites is 2. The maximum Gasteiger partial charge on any atom is 0.0541 e. The summed E-state index contributed by atoms with van der Waals surface area (Å²) in [6.07, 6.45) is 0. The van der Waals surface area contributed by atoms with E-state index in [-0.39, 0.29) is 0 Å². The summed E-state index contributed by atoms with van der Waals surface area (Å²) in [5, 5.41) is 5.20. The van der Waals surface area contributed by atoms with Crippen LogP contribution in [0.25, 0.3) is 103 Å². The van der Waals surface area contributed by atoms with Crippen molar-refractivity contribution in [1.29, 1.82) is 0 Å². The van der Waals surface area contributed by atoms with Gasteiger partial charge >= 0.3 is 0 Å². The Bertz CT molecular complexity index is 2940. The van der Waals surface area contributed by atoms with Gasteiger partial charge in [-0.25, -0.2) is 0 Å². The molecule has 0 atom stereocenters. The molecule has 2 aromatic heterocycles. The van der Waals surface area contributed by atoms with Crippen molar-refractivity contribution in [2.24, 2.45) is 0 Å². The number of fused-ring (bicyclic) bond motifs is 14. The molecule has 0 bridgehead atoms. The van der Waals surface area contributed by atoms with Crippen molar-refractivity contribution in [2.75, 3.05) is 0 Å². The molecule has 2 heterocycles. The van der Waals surface area contributed by atoms with Crippen LogP contribution in [0, 0.1) is 0 Å². The zero-order valence-electron chi connectivity index (χ0n) is 27.1. The van der Waals surface area contributed by atoms with Gasteiger partial charge in [-0.1, -0.05) is 127 Å². The lowest BCUT2D eigenvalue weighted by molar-refractivity contribution is 1.18. The summed E-state index contributed by atoms with van der Waals surface area (Å²) in [6, 6.07) is 65.2. The Hall–Kier alpha value is -6.22. The van der Waals surface area contributed by atoms with E-state index in [2.05, 4.69) is 180 Å². The van der Waals surface area contributed by atoms with Crippen molar-refractivity contribution in [1.82, 2.24) is 4.57 Å². The summed E-state index contributed by atoms with van der Waals surface area (Å²) >= 11 is 1.87. The minimum Gasteiger partial charge on any atom is -0.309 e. The van der Waals surface area contributed by atoms with Gasteiger partial charge in [0.25, 0.3) is 0 Å². The first kappa shape index (κ1) is 27.7. The van der Waals surface area contributed by atoms with E-state index >= 15 is 0 Å². The molecular weight excluding hydrogens is 623 g/mol. The summed E-state index contributed by atoms with van der Waals surface area (Å²) in [7, 11) is 0. The fourth-order valence-corrected chi connectivity index (χ4v) is 9.41. The van der Waals surface area contributed by atoms with Crippen LogP contribution >= 0.6 is 11.3 Å². The minimum absolute atomic E-state index is 1.16. The molecule has 0 amide bonds. The van der Waals surface area contributed by atoms with Crippen molar-refractivity contribution in [3.05, 3.63) is 176 Å². The third kappa shape index (κ3) is 4.00. The lowest BCUT2D eigenvalue weighted by Crippen LogP contribution is -2.00. The fourth-order valence-electron chi connectivity index (χ4n) is 8.32. The highest BCUT2D eigenvalue weighted by atomic mass is 32.1. The number of aromatic nitrogens is 1. The summed E-state index contributed by atoms with van der Waals surface area (Å²) in [5.74, 6) is 0. The number of benzene rings is 8. The molecule has 8 aromatic carbocycles. The van der Waals surface area contributed by atoms with Gasteiger partial charge in [0, 0.05) is 36.6 Å². The molecule has 50 heavy (non-hydrogen) atoms. The van der Waals surface area contributed by atoms with Gasteiger partial charge in [0.1, 0.15) is 0 Å². The first-order valence-corrected chi connectivity index (χ1v) is 18.0. The van der Waals surface area contributed by atoms with Crippen LogP contribution in [0.15, 0.2) is 176 Å². The first-order chi connectivity index (χ1) is 24.8. The second-order valence-corrected chi connectivity index (χ2v) is 14.3. The Morgan fingerprint density at radius 2 is 0.760 bits per heavy atom. The Labute approximate surface area is 293 Å². The van der Waals surface area contributed by atoms with E-state index in [0.717, 1.165) is 5.69 Å². The average Bonchev–Trinajstić information content (AvgIpc) is 3.72. The molecule has 1 aliphatic rings. The highest BCUT2D eigenvalue weighted by Gasteiger charge is 2.23. The first-order valence-electron chi connectivity index (χ1n) is 17.2. The maximum absolute atomic E-state index is 2.43. The number of nitrogens with zero attached hydrogens (tertiary/aromatic N) is 1. The lowest BCUT2D eigenvalue weighted by Gasteiger charge is -2.24. The quantitative estimate of drug-likeness (QED) is 0.175. The highest BCUT2D eigenvalue weighted by molar-refractivity contribution is 7.25. The third-order valence-corrected chi connectivity index (χ3v) is 11.7. The van der Waals surface area contributed by atoms with Crippen molar-refractivity contribution < 1.29 is 0 Å². The van der Waals surface area contributed by atoms with E-state index in [1.165, 1.54) is 97.6 Å². The molecule has 0 fully saturated rings. The van der Waals surface area contributed by atoms with E-state index < -0.39 is 0 Å².